The largest absolute Gasteiger partial charge is 0.573 e. The Morgan fingerprint density at radius 1 is 1.09 bits per heavy atom. The molecule has 2 heterocycles. The molecule has 4 rings (SSSR count). The molecule has 43 heavy (non-hydrogen) atoms. The molecule has 1 atom stereocenters. The van der Waals surface area contributed by atoms with Crippen LogP contribution in [0.2, 0.25) is 0 Å². The zero-order valence-corrected chi connectivity index (χ0v) is 23.7. The van der Waals surface area contributed by atoms with Gasteiger partial charge in [-0.2, -0.15) is 4.31 Å². The van der Waals surface area contributed by atoms with Gasteiger partial charge in [0.2, 0.25) is 15.9 Å². The first-order valence-electron chi connectivity index (χ1n) is 13.1. The first-order chi connectivity index (χ1) is 20.3. The lowest BCUT2D eigenvalue weighted by molar-refractivity contribution is -0.274. The molecule has 0 radical (unpaired) electrons. The van der Waals surface area contributed by atoms with Crippen LogP contribution < -0.4 is 20.7 Å². The number of piperazine rings is 1. The molecular formula is C27H29F3N6O6S. The molecule has 1 fully saturated rings. The second-order valence-corrected chi connectivity index (χ2v) is 11.5. The zero-order valence-electron chi connectivity index (χ0n) is 22.9. The summed E-state index contributed by atoms with van der Waals surface area (Å²) < 4.78 is 69.8. The molecule has 12 nitrogen and oxygen atoms in total. The molecule has 1 aliphatic heterocycles. The number of halogens is 3. The van der Waals surface area contributed by atoms with Gasteiger partial charge in [0.1, 0.15) is 17.6 Å². The van der Waals surface area contributed by atoms with E-state index in [4.69, 9.17) is 5.73 Å². The number of sulfonamides is 1. The lowest BCUT2D eigenvalue weighted by Crippen LogP contribution is -2.60. The van der Waals surface area contributed by atoms with E-state index < -0.39 is 45.7 Å². The molecule has 16 heteroatoms. The van der Waals surface area contributed by atoms with E-state index in [1.807, 2.05) is 24.3 Å². The van der Waals surface area contributed by atoms with Gasteiger partial charge in [-0.05, 0) is 41.8 Å². The van der Waals surface area contributed by atoms with Crippen LogP contribution in [0.5, 0.6) is 5.75 Å². The number of aryl methyl sites for hydroxylation is 1. The first kappa shape index (κ1) is 31.5. The van der Waals surface area contributed by atoms with Gasteiger partial charge in [-0.15, -0.1) is 13.2 Å². The highest BCUT2D eigenvalue weighted by atomic mass is 32.2. The second-order valence-electron chi connectivity index (χ2n) is 9.65. The van der Waals surface area contributed by atoms with Crippen molar-refractivity contribution >= 4 is 33.5 Å². The number of nitrogens with one attached hydrogen (secondary N) is 1. The maximum Gasteiger partial charge on any atom is 0.573 e. The fourth-order valence-corrected chi connectivity index (χ4v) is 6.12. The van der Waals surface area contributed by atoms with Crippen molar-refractivity contribution in [3.8, 4) is 5.75 Å². The summed E-state index contributed by atoms with van der Waals surface area (Å²) in [5.74, 6) is -2.83. The van der Waals surface area contributed by atoms with Crippen LogP contribution >= 0.6 is 0 Å². The summed E-state index contributed by atoms with van der Waals surface area (Å²) in [6.07, 6.45) is -1.91. The quantitative estimate of drug-likeness (QED) is 0.306. The van der Waals surface area contributed by atoms with Crippen LogP contribution in [0, 0.1) is 0 Å². The molecule has 0 aliphatic carbocycles. The minimum atomic E-state index is -4.95. The van der Waals surface area contributed by atoms with Crippen molar-refractivity contribution in [1.29, 1.82) is 0 Å². The summed E-state index contributed by atoms with van der Waals surface area (Å²) >= 11 is 0. The Morgan fingerprint density at radius 3 is 2.33 bits per heavy atom. The van der Waals surface area contributed by atoms with E-state index in [1.54, 1.807) is 4.90 Å². The van der Waals surface area contributed by atoms with Crippen molar-refractivity contribution in [3.63, 3.8) is 0 Å². The number of amides is 1. The minimum Gasteiger partial charge on any atom is -0.476 e. The predicted molar refractivity (Wildman–Crippen MR) is 149 cm³/mol. The van der Waals surface area contributed by atoms with E-state index in [2.05, 4.69) is 26.9 Å². The highest BCUT2D eigenvalue weighted by Gasteiger charge is 2.41. The van der Waals surface area contributed by atoms with Crippen LogP contribution in [-0.4, -0.2) is 71.7 Å². The topological polar surface area (TPSA) is 168 Å². The molecule has 0 saturated carbocycles. The number of carboxylic acids is 1. The number of rotatable bonds is 10. The van der Waals surface area contributed by atoms with Gasteiger partial charge in [-0.1, -0.05) is 37.6 Å². The molecule has 1 saturated heterocycles. The number of hydrogen-bond acceptors (Lipinski definition) is 9. The van der Waals surface area contributed by atoms with Crippen molar-refractivity contribution < 1.29 is 41.0 Å². The minimum absolute atomic E-state index is 0.0255. The van der Waals surface area contributed by atoms with Gasteiger partial charge in [-0.25, -0.2) is 23.2 Å². The van der Waals surface area contributed by atoms with Crippen LogP contribution in [-0.2, 0) is 27.8 Å². The molecule has 0 unspecified atom stereocenters. The van der Waals surface area contributed by atoms with E-state index in [0.29, 0.717) is 0 Å². The molecule has 1 amide bonds. The summed E-state index contributed by atoms with van der Waals surface area (Å²) in [6, 6.07) is 9.98. The number of anilines is 2. The number of nitrogens with zero attached hydrogens (tertiary/aromatic N) is 4. The molecule has 3 aromatic rings. The average Bonchev–Trinajstić information content (AvgIpc) is 2.95. The van der Waals surface area contributed by atoms with Crippen molar-refractivity contribution in [3.05, 3.63) is 71.5 Å². The van der Waals surface area contributed by atoms with Gasteiger partial charge in [-0.3, -0.25) is 4.79 Å². The highest BCUT2D eigenvalue weighted by Crippen LogP contribution is 2.28. The number of benzene rings is 2. The molecule has 1 aliphatic rings. The Hall–Kier alpha value is -4.44. The number of ether oxygens (including phenoxy) is 1. The zero-order chi connectivity index (χ0) is 31.4. The average molecular weight is 623 g/mol. The third-order valence-corrected chi connectivity index (χ3v) is 8.56. The van der Waals surface area contributed by atoms with Gasteiger partial charge in [0.15, 0.2) is 11.5 Å². The van der Waals surface area contributed by atoms with Gasteiger partial charge < -0.3 is 25.8 Å². The third-order valence-electron chi connectivity index (χ3n) is 6.64. The van der Waals surface area contributed by atoms with Crippen molar-refractivity contribution in [2.24, 2.45) is 0 Å². The predicted octanol–water partition coefficient (Wildman–Crippen LogP) is 2.80. The van der Waals surface area contributed by atoms with Gasteiger partial charge >= 0.3 is 12.3 Å². The number of carboxylic acid groups (broad SMARTS) is 1. The number of nitrogen functional groups attached to an aromatic ring is 1. The fourth-order valence-electron chi connectivity index (χ4n) is 4.55. The van der Waals surface area contributed by atoms with Gasteiger partial charge in [0.05, 0.1) is 11.1 Å². The Bertz CT molecular complexity index is 1570. The number of aromatic nitrogens is 2. The Morgan fingerprint density at radius 2 is 1.74 bits per heavy atom. The molecule has 0 bridgehead atoms. The summed E-state index contributed by atoms with van der Waals surface area (Å²) in [5.41, 5.74) is 7.21. The molecule has 2 aromatic carbocycles. The van der Waals surface area contributed by atoms with E-state index in [-0.39, 0.29) is 42.7 Å². The molecule has 0 spiro atoms. The Labute approximate surface area is 245 Å². The van der Waals surface area contributed by atoms with Gasteiger partial charge in [0, 0.05) is 26.2 Å². The summed E-state index contributed by atoms with van der Waals surface area (Å²) in [5, 5.41) is 12.0. The van der Waals surface area contributed by atoms with Crippen LogP contribution in [0.15, 0.2) is 59.6 Å². The summed E-state index contributed by atoms with van der Waals surface area (Å²) in [6.45, 7) is 1.79. The van der Waals surface area contributed by atoms with Crippen LogP contribution in [0.3, 0.4) is 0 Å². The van der Waals surface area contributed by atoms with Crippen LogP contribution in [0.4, 0.5) is 24.8 Å². The first-order valence-corrected chi connectivity index (χ1v) is 14.6. The van der Waals surface area contributed by atoms with Crippen molar-refractivity contribution in [2.75, 3.05) is 30.3 Å². The van der Waals surface area contributed by atoms with E-state index >= 15 is 0 Å². The van der Waals surface area contributed by atoms with Crippen molar-refractivity contribution in [2.45, 2.75) is 43.6 Å². The maximum absolute atomic E-state index is 13.6. The third kappa shape index (κ3) is 7.70. The van der Waals surface area contributed by atoms with Gasteiger partial charge in [0.25, 0.3) is 0 Å². The molecule has 230 valence electrons. The molecule has 4 N–H and O–H groups in total. The van der Waals surface area contributed by atoms with Crippen LogP contribution in [0.1, 0.15) is 35.0 Å². The standard InChI is InChI=1S/C27H29F3N6O6S/c1-2-3-17-4-6-18(7-5-17)14-33-25(37)21-16-35(22-15-32-23(26(38)39)24(31)34-22)12-13-36(21)43(40,41)20-10-8-19(9-11-20)42-27(28,29)30/h4-11,15,21H,2-3,12-14,16H2,1H3,(H2,31,34)(H,33,37)(H,38,39)/t21-/m1/s1. The fraction of sp³-hybridized carbons (Fsp3) is 0.333. The van der Waals surface area contributed by atoms with E-state index in [9.17, 15) is 36.3 Å². The van der Waals surface area contributed by atoms with Crippen molar-refractivity contribution in [1.82, 2.24) is 19.6 Å². The lowest BCUT2D eigenvalue weighted by atomic mass is 10.1. The molecule has 1 aromatic heterocycles. The Balaban J connectivity index is 1.59. The summed E-state index contributed by atoms with van der Waals surface area (Å²) in [4.78, 5) is 33.9. The number of hydrogen-bond donors (Lipinski definition) is 3. The van der Waals surface area contributed by atoms with Crippen LogP contribution in [0.25, 0.3) is 0 Å². The maximum atomic E-state index is 13.6. The summed E-state index contributed by atoms with van der Waals surface area (Å²) in [7, 11) is -4.37. The number of alkyl halides is 3. The Kier molecular flexibility index (Phi) is 9.40. The number of aromatic carboxylic acids is 1. The normalized spacial score (nSPS) is 16.1. The molecular weight excluding hydrogens is 593 g/mol. The smallest absolute Gasteiger partial charge is 0.476 e. The SMILES string of the molecule is CCCc1ccc(CNC(=O)[C@H]2CN(c3cnc(C(=O)O)c(N)n3)CCN2S(=O)(=O)c2ccc(OC(F)(F)F)cc2)cc1. The van der Waals surface area contributed by atoms with E-state index in [0.717, 1.165) is 58.7 Å². The highest BCUT2D eigenvalue weighted by molar-refractivity contribution is 7.89. The van der Waals surface area contributed by atoms with E-state index in [1.165, 1.54) is 0 Å². The number of carbonyl (C=O) groups excluding carboxylic acids is 1. The number of nitrogens with two attached hydrogens (primary N) is 1. The second kappa shape index (κ2) is 12.8. The monoisotopic (exact) mass is 622 g/mol. The lowest BCUT2D eigenvalue weighted by Gasteiger charge is -2.40. The number of carbonyl (C=O) groups is 2.